The molecule has 3 nitrogen and oxygen atoms in total. The van der Waals surface area contributed by atoms with Crippen LogP contribution in [0, 0.1) is 20.8 Å². The third-order valence-corrected chi connectivity index (χ3v) is 3.55. The first-order valence-corrected chi connectivity index (χ1v) is 6.44. The Labute approximate surface area is 109 Å². The van der Waals surface area contributed by atoms with Gasteiger partial charge in [0.15, 0.2) is 0 Å². The third-order valence-electron chi connectivity index (χ3n) is 3.55. The van der Waals surface area contributed by atoms with Gasteiger partial charge in [-0.05, 0) is 43.9 Å². The summed E-state index contributed by atoms with van der Waals surface area (Å²) in [6.45, 7) is 9.02. The number of nitrogens with zero attached hydrogens (tertiary/aromatic N) is 2. The molecule has 1 aromatic carbocycles. The Bertz CT molecular complexity index is 567. The van der Waals surface area contributed by atoms with Gasteiger partial charge in [-0.1, -0.05) is 25.1 Å². The van der Waals surface area contributed by atoms with Gasteiger partial charge in [0.1, 0.15) is 0 Å². The van der Waals surface area contributed by atoms with E-state index in [9.17, 15) is 0 Å². The average Bonchev–Trinajstić information content (AvgIpc) is 2.63. The fraction of sp³-hybridized carbons (Fsp3) is 0.400. The Morgan fingerprint density at radius 3 is 2.50 bits per heavy atom. The molecule has 0 bridgehead atoms. The van der Waals surface area contributed by atoms with Crippen molar-refractivity contribution in [2.24, 2.45) is 5.73 Å². The second kappa shape index (κ2) is 4.94. The van der Waals surface area contributed by atoms with E-state index >= 15 is 0 Å². The summed E-state index contributed by atoms with van der Waals surface area (Å²) < 4.78 is 2.05. The van der Waals surface area contributed by atoms with Gasteiger partial charge in [-0.25, -0.2) is 4.68 Å². The molecular formula is C15H21N3. The average molecular weight is 243 g/mol. The lowest BCUT2D eigenvalue weighted by molar-refractivity contribution is 0.810. The molecule has 1 aromatic heterocycles. The molecule has 0 fully saturated rings. The van der Waals surface area contributed by atoms with Crippen LogP contribution in [0.25, 0.3) is 5.69 Å². The third kappa shape index (κ3) is 1.95. The van der Waals surface area contributed by atoms with Crippen molar-refractivity contribution in [3.63, 3.8) is 0 Å². The molecule has 0 saturated heterocycles. The molecule has 96 valence electrons. The zero-order chi connectivity index (χ0) is 13.3. The van der Waals surface area contributed by atoms with Gasteiger partial charge in [-0.15, -0.1) is 0 Å². The van der Waals surface area contributed by atoms with Gasteiger partial charge in [-0.2, -0.15) is 5.10 Å². The molecule has 0 aliphatic rings. The topological polar surface area (TPSA) is 43.8 Å². The van der Waals surface area contributed by atoms with Crippen molar-refractivity contribution in [1.82, 2.24) is 9.78 Å². The first-order valence-electron chi connectivity index (χ1n) is 6.44. The maximum atomic E-state index is 5.84. The molecule has 1 heterocycles. The molecule has 0 unspecified atom stereocenters. The largest absolute Gasteiger partial charge is 0.326 e. The maximum Gasteiger partial charge on any atom is 0.0722 e. The zero-order valence-corrected chi connectivity index (χ0v) is 11.6. The van der Waals surface area contributed by atoms with Crippen LogP contribution in [0.2, 0.25) is 0 Å². The second-order valence-electron chi connectivity index (χ2n) is 4.70. The highest BCUT2D eigenvalue weighted by Crippen LogP contribution is 2.23. The van der Waals surface area contributed by atoms with Crippen LogP contribution >= 0.6 is 0 Å². The summed E-state index contributed by atoms with van der Waals surface area (Å²) in [6, 6.07) is 6.23. The number of rotatable bonds is 3. The highest BCUT2D eigenvalue weighted by atomic mass is 15.3. The molecule has 0 saturated carbocycles. The van der Waals surface area contributed by atoms with E-state index in [1.807, 2.05) is 10.7 Å². The number of aromatic nitrogens is 2. The first-order chi connectivity index (χ1) is 8.60. The molecule has 3 heteroatoms. The van der Waals surface area contributed by atoms with Crippen LogP contribution in [0.5, 0.6) is 0 Å². The summed E-state index contributed by atoms with van der Waals surface area (Å²) in [5, 5.41) is 4.68. The number of hydrogen-bond acceptors (Lipinski definition) is 2. The number of nitrogens with two attached hydrogens (primary N) is 1. The van der Waals surface area contributed by atoms with E-state index in [0.717, 1.165) is 23.4 Å². The lowest BCUT2D eigenvalue weighted by atomic mass is 10.1. The van der Waals surface area contributed by atoms with Crippen LogP contribution in [0.4, 0.5) is 0 Å². The first kappa shape index (κ1) is 12.8. The van der Waals surface area contributed by atoms with E-state index in [0.29, 0.717) is 6.54 Å². The second-order valence-corrected chi connectivity index (χ2v) is 4.70. The van der Waals surface area contributed by atoms with Crippen LogP contribution in [0.3, 0.4) is 0 Å². The fourth-order valence-corrected chi connectivity index (χ4v) is 2.59. The van der Waals surface area contributed by atoms with Gasteiger partial charge in [0.25, 0.3) is 0 Å². The quantitative estimate of drug-likeness (QED) is 0.901. The molecule has 0 aliphatic heterocycles. The predicted molar refractivity (Wildman–Crippen MR) is 75.0 cm³/mol. The molecule has 0 spiro atoms. The summed E-state index contributed by atoms with van der Waals surface area (Å²) in [7, 11) is 0. The van der Waals surface area contributed by atoms with Crippen LogP contribution in [0.15, 0.2) is 18.2 Å². The minimum Gasteiger partial charge on any atom is -0.326 e. The lowest BCUT2D eigenvalue weighted by Gasteiger charge is -2.13. The predicted octanol–water partition coefficient (Wildman–Crippen LogP) is 2.82. The van der Waals surface area contributed by atoms with Gasteiger partial charge in [0, 0.05) is 12.2 Å². The van der Waals surface area contributed by atoms with Gasteiger partial charge in [-0.3, -0.25) is 0 Å². The summed E-state index contributed by atoms with van der Waals surface area (Å²) in [5.74, 6) is 0. The van der Waals surface area contributed by atoms with Gasteiger partial charge in [0.05, 0.1) is 11.4 Å². The van der Waals surface area contributed by atoms with Crippen molar-refractivity contribution in [3.05, 3.63) is 46.3 Å². The fourth-order valence-electron chi connectivity index (χ4n) is 2.59. The zero-order valence-electron chi connectivity index (χ0n) is 11.6. The molecule has 0 radical (unpaired) electrons. The molecule has 2 aromatic rings. The Hall–Kier alpha value is -1.61. The number of para-hydroxylation sites is 1. The van der Waals surface area contributed by atoms with Gasteiger partial charge in [0.2, 0.25) is 0 Å². The monoisotopic (exact) mass is 243 g/mol. The van der Waals surface area contributed by atoms with Gasteiger partial charge >= 0.3 is 0 Å². The minimum absolute atomic E-state index is 0.539. The van der Waals surface area contributed by atoms with Crippen molar-refractivity contribution in [1.29, 1.82) is 0 Å². The Kier molecular flexibility index (Phi) is 3.53. The standard InChI is InChI=1S/C15H21N3/c1-5-14-11(3)17-18(12(14)4)15-10(2)7-6-8-13(15)9-16/h6-8H,5,9,16H2,1-4H3. The number of hydrogen-bond donors (Lipinski definition) is 1. The highest BCUT2D eigenvalue weighted by Gasteiger charge is 2.14. The van der Waals surface area contributed by atoms with E-state index in [1.54, 1.807) is 0 Å². The van der Waals surface area contributed by atoms with Crippen molar-refractivity contribution >= 4 is 0 Å². The summed E-state index contributed by atoms with van der Waals surface area (Å²) >= 11 is 0. The Morgan fingerprint density at radius 1 is 1.22 bits per heavy atom. The maximum absolute atomic E-state index is 5.84. The van der Waals surface area contributed by atoms with Crippen molar-refractivity contribution in [3.8, 4) is 5.69 Å². The molecule has 0 aliphatic carbocycles. The molecular weight excluding hydrogens is 222 g/mol. The van der Waals surface area contributed by atoms with Crippen molar-refractivity contribution in [2.45, 2.75) is 40.7 Å². The SMILES string of the molecule is CCc1c(C)nn(-c2c(C)cccc2CN)c1C. The smallest absolute Gasteiger partial charge is 0.0722 e. The molecule has 0 amide bonds. The van der Waals surface area contributed by atoms with E-state index in [2.05, 4.69) is 44.9 Å². The van der Waals surface area contributed by atoms with E-state index in [1.165, 1.54) is 16.8 Å². The van der Waals surface area contributed by atoms with Crippen LogP contribution in [0.1, 0.15) is 35.0 Å². The number of benzene rings is 1. The Balaban J connectivity index is 2.69. The van der Waals surface area contributed by atoms with E-state index in [-0.39, 0.29) is 0 Å². The summed E-state index contributed by atoms with van der Waals surface area (Å²) in [6.07, 6.45) is 1.02. The van der Waals surface area contributed by atoms with E-state index < -0.39 is 0 Å². The molecule has 2 rings (SSSR count). The molecule has 2 N–H and O–H groups in total. The number of aryl methyl sites for hydroxylation is 2. The van der Waals surface area contributed by atoms with Crippen molar-refractivity contribution in [2.75, 3.05) is 0 Å². The molecule has 0 atom stereocenters. The lowest BCUT2D eigenvalue weighted by Crippen LogP contribution is -2.09. The summed E-state index contributed by atoms with van der Waals surface area (Å²) in [4.78, 5) is 0. The summed E-state index contributed by atoms with van der Waals surface area (Å²) in [5.41, 5.74) is 13.0. The minimum atomic E-state index is 0.539. The van der Waals surface area contributed by atoms with E-state index in [4.69, 9.17) is 5.73 Å². The van der Waals surface area contributed by atoms with Crippen LogP contribution < -0.4 is 5.73 Å². The van der Waals surface area contributed by atoms with Crippen molar-refractivity contribution < 1.29 is 0 Å². The van der Waals surface area contributed by atoms with Crippen LogP contribution in [-0.2, 0) is 13.0 Å². The molecule has 18 heavy (non-hydrogen) atoms. The normalized spacial score (nSPS) is 10.9. The Morgan fingerprint density at radius 2 is 1.94 bits per heavy atom. The van der Waals surface area contributed by atoms with Gasteiger partial charge < -0.3 is 5.73 Å². The highest BCUT2D eigenvalue weighted by molar-refractivity contribution is 5.49. The van der Waals surface area contributed by atoms with Crippen LogP contribution in [-0.4, -0.2) is 9.78 Å².